The summed E-state index contributed by atoms with van der Waals surface area (Å²) in [5, 5.41) is 0.648. The fourth-order valence-corrected chi connectivity index (χ4v) is 2.33. The SMILES string of the molecule is Cc1c(Cl)ccc2nc(N)n(C(C)CC(N)=O)c12. The summed E-state index contributed by atoms with van der Waals surface area (Å²) in [6.07, 6.45) is 0.210. The van der Waals surface area contributed by atoms with Gasteiger partial charge in [0.2, 0.25) is 11.9 Å². The molecule has 1 heterocycles. The molecule has 0 bridgehead atoms. The summed E-state index contributed by atoms with van der Waals surface area (Å²) in [6, 6.07) is 3.45. The molecule has 0 spiro atoms. The van der Waals surface area contributed by atoms with Gasteiger partial charge in [-0.15, -0.1) is 0 Å². The van der Waals surface area contributed by atoms with Crippen molar-refractivity contribution in [2.24, 2.45) is 5.73 Å². The molecule has 0 aliphatic rings. The highest BCUT2D eigenvalue weighted by Gasteiger charge is 2.18. The van der Waals surface area contributed by atoms with Gasteiger partial charge in [-0.2, -0.15) is 0 Å². The number of hydrogen-bond acceptors (Lipinski definition) is 3. The smallest absolute Gasteiger partial charge is 0.219 e. The maximum Gasteiger partial charge on any atom is 0.219 e. The van der Waals surface area contributed by atoms with E-state index in [0.717, 1.165) is 16.6 Å². The molecule has 0 fully saturated rings. The number of halogens is 1. The van der Waals surface area contributed by atoms with Crippen molar-refractivity contribution in [1.29, 1.82) is 0 Å². The minimum atomic E-state index is -0.372. The second kappa shape index (κ2) is 4.49. The Bertz CT molecular complexity index is 620. The van der Waals surface area contributed by atoms with Crippen LogP contribution in [0.1, 0.15) is 24.9 Å². The molecule has 0 radical (unpaired) electrons. The molecule has 1 aromatic heterocycles. The zero-order valence-corrected chi connectivity index (χ0v) is 11.0. The highest BCUT2D eigenvalue weighted by Crippen LogP contribution is 2.30. The maximum absolute atomic E-state index is 11.0. The zero-order valence-electron chi connectivity index (χ0n) is 10.3. The monoisotopic (exact) mass is 266 g/mol. The van der Waals surface area contributed by atoms with Gasteiger partial charge in [-0.1, -0.05) is 11.6 Å². The van der Waals surface area contributed by atoms with E-state index < -0.39 is 0 Å². The molecule has 0 saturated heterocycles. The third-order valence-corrected chi connectivity index (χ3v) is 3.41. The van der Waals surface area contributed by atoms with Gasteiger partial charge in [0.25, 0.3) is 0 Å². The Labute approximate surface area is 110 Å². The number of aromatic nitrogens is 2. The summed E-state index contributed by atoms with van der Waals surface area (Å²) in [6.45, 7) is 3.78. The van der Waals surface area contributed by atoms with Crippen molar-refractivity contribution in [2.75, 3.05) is 5.73 Å². The Hall–Kier alpha value is -1.75. The van der Waals surface area contributed by atoms with Crippen LogP contribution in [-0.2, 0) is 4.79 Å². The molecule has 1 amide bonds. The molecule has 18 heavy (non-hydrogen) atoms. The number of anilines is 1. The van der Waals surface area contributed by atoms with E-state index in [-0.39, 0.29) is 18.4 Å². The van der Waals surface area contributed by atoms with Crippen molar-refractivity contribution in [3.05, 3.63) is 22.7 Å². The molecule has 0 aliphatic carbocycles. The summed E-state index contributed by atoms with van der Waals surface area (Å²) in [5.74, 6) is -0.00690. The van der Waals surface area contributed by atoms with Gasteiger partial charge in [0, 0.05) is 17.5 Å². The number of imidazole rings is 1. The number of benzene rings is 1. The maximum atomic E-state index is 11.0. The fourth-order valence-electron chi connectivity index (χ4n) is 2.18. The third-order valence-electron chi connectivity index (χ3n) is 3.00. The van der Waals surface area contributed by atoms with E-state index in [1.807, 2.05) is 19.9 Å². The highest BCUT2D eigenvalue weighted by molar-refractivity contribution is 6.32. The number of nitrogen functional groups attached to an aromatic ring is 1. The van der Waals surface area contributed by atoms with Gasteiger partial charge < -0.3 is 16.0 Å². The lowest BCUT2D eigenvalue weighted by Gasteiger charge is -2.15. The first-order valence-corrected chi connectivity index (χ1v) is 6.00. The average Bonchev–Trinajstić information content (AvgIpc) is 2.60. The van der Waals surface area contributed by atoms with E-state index in [0.29, 0.717) is 11.0 Å². The Morgan fingerprint density at radius 2 is 2.22 bits per heavy atom. The molecule has 0 saturated carbocycles. The number of nitrogens with two attached hydrogens (primary N) is 2. The number of primary amides is 1. The molecular formula is C12H15ClN4O. The van der Waals surface area contributed by atoms with Crippen LogP contribution in [0.3, 0.4) is 0 Å². The van der Waals surface area contributed by atoms with Crippen LogP contribution in [-0.4, -0.2) is 15.5 Å². The van der Waals surface area contributed by atoms with Crippen LogP contribution in [0, 0.1) is 6.92 Å². The summed E-state index contributed by atoms with van der Waals surface area (Å²) in [4.78, 5) is 15.3. The minimum absolute atomic E-state index is 0.148. The predicted molar refractivity (Wildman–Crippen MR) is 72.4 cm³/mol. The molecule has 96 valence electrons. The van der Waals surface area contributed by atoms with Crippen LogP contribution < -0.4 is 11.5 Å². The third kappa shape index (κ3) is 2.01. The molecule has 4 N–H and O–H groups in total. The summed E-state index contributed by atoms with van der Waals surface area (Å²) in [7, 11) is 0. The molecule has 6 heteroatoms. The Kier molecular flexibility index (Phi) is 3.17. The summed E-state index contributed by atoms with van der Waals surface area (Å²) < 4.78 is 1.81. The van der Waals surface area contributed by atoms with E-state index in [1.165, 1.54) is 0 Å². The second-order valence-electron chi connectivity index (χ2n) is 4.40. The highest BCUT2D eigenvalue weighted by atomic mass is 35.5. The van der Waals surface area contributed by atoms with Crippen LogP contribution in [0.5, 0.6) is 0 Å². The van der Waals surface area contributed by atoms with Crippen LogP contribution in [0.2, 0.25) is 5.02 Å². The summed E-state index contributed by atoms with van der Waals surface area (Å²) in [5.41, 5.74) is 13.6. The number of nitrogens with zero attached hydrogens (tertiary/aromatic N) is 2. The second-order valence-corrected chi connectivity index (χ2v) is 4.81. The zero-order chi connectivity index (χ0) is 13.4. The van der Waals surface area contributed by atoms with Gasteiger partial charge in [0.15, 0.2) is 0 Å². The molecule has 1 atom stereocenters. The first-order valence-electron chi connectivity index (χ1n) is 5.62. The lowest BCUT2D eigenvalue weighted by Crippen LogP contribution is -2.18. The van der Waals surface area contributed by atoms with E-state index in [1.54, 1.807) is 10.6 Å². The molecule has 1 unspecified atom stereocenters. The Balaban J connectivity index is 2.65. The Morgan fingerprint density at radius 1 is 1.56 bits per heavy atom. The number of carbonyl (C=O) groups is 1. The van der Waals surface area contributed by atoms with Crippen LogP contribution in [0.15, 0.2) is 12.1 Å². The fraction of sp³-hybridized carbons (Fsp3) is 0.333. The van der Waals surface area contributed by atoms with Crippen molar-refractivity contribution < 1.29 is 4.79 Å². The number of aryl methyl sites for hydroxylation is 1. The number of rotatable bonds is 3. The first kappa shape index (κ1) is 12.7. The summed E-state index contributed by atoms with van der Waals surface area (Å²) >= 11 is 6.11. The van der Waals surface area contributed by atoms with E-state index in [4.69, 9.17) is 23.1 Å². The molecule has 1 aromatic carbocycles. The average molecular weight is 267 g/mol. The number of carbonyl (C=O) groups excluding carboxylic acids is 1. The number of hydrogen-bond donors (Lipinski definition) is 2. The molecule has 0 aliphatic heterocycles. The van der Waals surface area contributed by atoms with Crippen molar-refractivity contribution in [3.63, 3.8) is 0 Å². The molecule has 2 aromatic rings. The largest absolute Gasteiger partial charge is 0.370 e. The first-order chi connectivity index (χ1) is 8.41. The molecular weight excluding hydrogens is 252 g/mol. The van der Waals surface area contributed by atoms with Gasteiger partial charge in [-0.3, -0.25) is 4.79 Å². The molecule has 2 rings (SSSR count). The number of fused-ring (bicyclic) bond motifs is 1. The molecule has 5 nitrogen and oxygen atoms in total. The number of amides is 1. The van der Waals surface area contributed by atoms with E-state index in [9.17, 15) is 4.79 Å². The van der Waals surface area contributed by atoms with Crippen molar-refractivity contribution in [2.45, 2.75) is 26.3 Å². The quantitative estimate of drug-likeness (QED) is 0.891. The predicted octanol–water partition coefficient (Wildman–Crippen LogP) is 2.02. The van der Waals surface area contributed by atoms with Gasteiger partial charge >= 0.3 is 0 Å². The van der Waals surface area contributed by atoms with Crippen molar-refractivity contribution in [1.82, 2.24) is 9.55 Å². The lowest BCUT2D eigenvalue weighted by atomic mass is 10.1. The van der Waals surface area contributed by atoms with Crippen LogP contribution >= 0.6 is 11.6 Å². The van der Waals surface area contributed by atoms with Gasteiger partial charge in [0.05, 0.1) is 11.0 Å². The lowest BCUT2D eigenvalue weighted by molar-refractivity contribution is -0.118. The van der Waals surface area contributed by atoms with Gasteiger partial charge in [-0.05, 0) is 31.5 Å². The van der Waals surface area contributed by atoms with Crippen LogP contribution in [0.4, 0.5) is 5.95 Å². The van der Waals surface area contributed by atoms with Gasteiger partial charge in [-0.25, -0.2) is 4.98 Å². The van der Waals surface area contributed by atoms with E-state index >= 15 is 0 Å². The normalized spacial score (nSPS) is 12.8. The van der Waals surface area contributed by atoms with Crippen molar-refractivity contribution >= 4 is 34.5 Å². The standard InChI is InChI=1S/C12H15ClN4O/c1-6(5-10(14)18)17-11-7(2)8(13)3-4-9(11)16-12(17)15/h3-4,6H,5H2,1-2H3,(H2,14,18)(H2,15,16). The minimum Gasteiger partial charge on any atom is -0.370 e. The Morgan fingerprint density at radius 3 is 2.83 bits per heavy atom. The topological polar surface area (TPSA) is 86.9 Å². The van der Waals surface area contributed by atoms with Crippen molar-refractivity contribution in [3.8, 4) is 0 Å². The van der Waals surface area contributed by atoms with Gasteiger partial charge in [0.1, 0.15) is 0 Å². The van der Waals surface area contributed by atoms with E-state index in [2.05, 4.69) is 4.98 Å². The van der Waals surface area contributed by atoms with Crippen LogP contribution in [0.25, 0.3) is 11.0 Å².